The first-order chi connectivity index (χ1) is 16.3. The summed E-state index contributed by atoms with van der Waals surface area (Å²) in [6.07, 6.45) is 15.0. The minimum absolute atomic E-state index is 0.101. The zero-order chi connectivity index (χ0) is 25.0. The smallest absolute Gasteiger partial charge is 0.132 e. The van der Waals surface area contributed by atoms with Gasteiger partial charge >= 0.3 is 0 Å². The highest BCUT2D eigenvalue weighted by atomic mass is 19.1. The van der Waals surface area contributed by atoms with Gasteiger partial charge in [-0.25, -0.2) is 8.78 Å². The summed E-state index contributed by atoms with van der Waals surface area (Å²) >= 11 is 0. The quantitative estimate of drug-likeness (QED) is 0.248. The summed E-state index contributed by atoms with van der Waals surface area (Å²) in [5.41, 5.74) is -1.43. The van der Waals surface area contributed by atoms with E-state index in [0.717, 1.165) is 31.7 Å². The SMILES string of the molecule is CCCCCCC(C)N(CC(O)(Cn1cccn1)c1ccc(F)cc1F)C(C)CCCCCC. The Hall–Kier alpha value is -1.79. The van der Waals surface area contributed by atoms with Gasteiger partial charge in [-0.05, 0) is 38.8 Å². The van der Waals surface area contributed by atoms with Gasteiger partial charge in [0.25, 0.3) is 0 Å². The standard InChI is InChI=1S/C28H45F2N3O/c1-5-7-9-11-14-23(3)33(24(4)15-12-10-8-6-2)22-28(34,21-32-19-13-18-31-32)26-17-16-25(29)20-27(26)30/h13,16-20,23-24,34H,5-12,14-15,21-22H2,1-4H3. The van der Waals surface area contributed by atoms with Crippen molar-refractivity contribution in [2.24, 2.45) is 0 Å². The van der Waals surface area contributed by atoms with Crippen molar-refractivity contribution in [3.05, 3.63) is 53.9 Å². The summed E-state index contributed by atoms with van der Waals surface area (Å²) in [6.45, 7) is 9.21. The molecule has 0 aliphatic carbocycles. The molecular weight excluding hydrogens is 432 g/mol. The number of rotatable bonds is 17. The first kappa shape index (κ1) is 28.4. The van der Waals surface area contributed by atoms with Crippen LogP contribution in [-0.4, -0.2) is 38.4 Å². The average molecular weight is 478 g/mol. The summed E-state index contributed by atoms with van der Waals surface area (Å²) in [7, 11) is 0. The molecule has 0 radical (unpaired) electrons. The summed E-state index contributed by atoms with van der Waals surface area (Å²) in [4.78, 5) is 2.34. The van der Waals surface area contributed by atoms with Crippen LogP contribution in [-0.2, 0) is 12.1 Å². The third-order valence-corrected chi connectivity index (χ3v) is 6.94. The van der Waals surface area contributed by atoms with Crippen molar-refractivity contribution in [2.45, 2.75) is 116 Å². The molecule has 0 bridgehead atoms. The first-order valence-electron chi connectivity index (χ1n) is 13.2. The van der Waals surface area contributed by atoms with Gasteiger partial charge < -0.3 is 5.11 Å². The Balaban J connectivity index is 2.30. The second-order valence-corrected chi connectivity index (χ2v) is 9.93. The Morgan fingerprint density at radius 3 is 2.09 bits per heavy atom. The van der Waals surface area contributed by atoms with Crippen molar-refractivity contribution >= 4 is 0 Å². The molecule has 1 aromatic carbocycles. The van der Waals surface area contributed by atoms with Crippen LogP contribution < -0.4 is 0 Å². The Morgan fingerprint density at radius 1 is 0.971 bits per heavy atom. The molecule has 0 amide bonds. The van der Waals surface area contributed by atoms with Gasteiger partial charge in [-0.3, -0.25) is 9.58 Å². The van der Waals surface area contributed by atoms with Gasteiger partial charge in [-0.1, -0.05) is 71.3 Å². The molecule has 0 aliphatic heterocycles. The van der Waals surface area contributed by atoms with E-state index in [2.05, 4.69) is 37.7 Å². The Kier molecular flexibility index (Phi) is 12.2. The zero-order valence-electron chi connectivity index (χ0n) is 21.6. The molecule has 34 heavy (non-hydrogen) atoms. The Labute approximate surface area is 205 Å². The van der Waals surface area contributed by atoms with Crippen LogP contribution in [0.25, 0.3) is 0 Å². The number of hydrogen-bond acceptors (Lipinski definition) is 3. The van der Waals surface area contributed by atoms with Crippen molar-refractivity contribution in [3.8, 4) is 0 Å². The van der Waals surface area contributed by atoms with Crippen LogP contribution in [0.15, 0.2) is 36.7 Å². The van der Waals surface area contributed by atoms with Crippen LogP contribution in [0.2, 0.25) is 0 Å². The maximum atomic E-state index is 15.0. The van der Waals surface area contributed by atoms with Gasteiger partial charge in [0.15, 0.2) is 0 Å². The second-order valence-electron chi connectivity index (χ2n) is 9.93. The first-order valence-corrected chi connectivity index (χ1v) is 13.2. The maximum absolute atomic E-state index is 15.0. The van der Waals surface area contributed by atoms with E-state index in [9.17, 15) is 13.9 Å². The van der Waals surface area contributed by atoms with Crippen LogP contribution in [0.3, 0.4) is 0 Å². The van der Waals surface area contributed by atoms with E-state index in [1.54, 1.807) is 23.1 Å². The highest BCUT2D eigenvalue weighted by Gasteiger charge is 2.37. The monoisotopic (exact) mass is 477 g/mol. The molecule has 1 heterocycles. The van der Waals surface area contributed by atoms with E-state index in [1.165, 1.54) is 50.7 Å². The van der Waals surface area contributed by atoms with E-state index in [0.29, 0.717) is 0 Å². The molecule has 0 saturated carbocycles. The number of aromatic nitrogens is 2. The maximum Gasteiger partial charge on any atom is 0.132 e. The molecule has 0 fully saturated rings. The van der Waals surface area contributed by atoms with Gasteiger partial charge in [0.2, 0.25) is 0 Å². The summed E-state index contributed by atoms with van der Waals surface area (Å²) < 4.78 is 30.3. The molecule has 4 nitrogen and oxygen atoms in total. The molecule has 3 atom stereocenters. The lowest BCUT2D eigenvalue weighted by molar-refractivity contribution is -0.0434. The highest BCUT2D eigenvalue weighted by Crippen LogP contribution is 2.31. The third kappa shape index (κ3) is 8.77. The number of hydrogen-bond donors (Lipinski definition) is 1. The van der Waals surface area contributed by atoms with Gasteiger partial charge in [0.05, 0.1) is 6.54 Å². The lowest BCUT2D eigenvalue weighted by Gasteiger charge is -2.41. The molecule has 0 saturated heterocycles. The van der Waals surface area contributed by atoms with E-state index in [1.807, 2.05) is 0 Å². The van der Waals surface area contributed by atoms with E-state index < -0.39 is 17.2 Å². The minimum Gasteiger partial charge on any atom is -0.382 e. The van der Waals surface area contributed by atoms with Crippen molar-refractivity contribution in [2.75, 3.05) is 6.54 Å². The molecule has 1 aromatic heterocycles. The fourth-order valence-electron chi connectivity index (χ4n) is 4.86. The van der Waals surface area contributed by atoms with Gasteiger partial charge in [0, 0.05) is 42.7 Å². The number of aliphatic hydroxyl groups is 1. The molecule has 2 rings (SSSR count). The summed E-state index contributed by atoms with van der Waals surface area (Å²) in [5.74, 6) is -1.37. The molecule has 6 heteroatoms. The predicted octanol–water partition coefficient (Wildman–Crippen LogP) is 7.07. The Bertz CT molecular complexity index is 796. The molecule has 0 spiro atoms. The van der Waals surface area contributed by atoms with Crippen molar-refractivity contribution in [3.63, 3.8) is 0 Å². The summed E-state index contributed by atoms with van der Waals surface area (Å²) in [6, 6.07) is 5.72. The summed E-state index contributed by atoms with van der Waals surface area (Å²) in [5, 5.41) is 16.2. The van der Waals surface area contributed by atoms with Crippen LogP contribution in [0.1, 0.15) is 97.5 Å². The number of nitrogens with zero attached hydrogens (tertiary/aromatic N) is 3. The van der Waals surface area contributed by atoms with E-state index >= 15 is 0 Å². The highest BCUT2D eigenvalue weighted by molar-refractivity contribution is 5.26. The molecule has 192 valence electrons. The minimum atomic E-state index is -1.54. The largest absolute Gasteiger partial charge is 0.382 e. The molecular formula is C28H45F2N3O. The van der Waals surface area contributed by atoms with Crippen LogP contribution in [0.4, 0.5) is 8.78 Å². The molecule has 0 aliphatic rings. The van der Waals surface area contributed by atoms with Crippen molar-refractivity contribution in [1.29, 1.82) is 0 Å². The normalized spacial score (nSPS) is 15.4. The molecule has 2 aromatic rings. The van der Waals surface area contributed by atoms with E-state index in [-0.39, 0.29) is 30.7 Å². The van der Waals surface area contributed by atoms with Crippen LogP contribution >= 0.6 is 0 Å². The van der Waals surface area contributed by atoms with Crippen molar-refractivity contribution in [1.82, 2.24) is 14.7 Å². The van der Waals surface area contributed by atoms with Crippen LogP contribution in [0, 0.1) is 11.6 Å². The van der Waals surface area contributed by atoms with Gasteiger partial charge in [-0.2, -0.15) is 5.10 Å². The predicted molar refractivity (Wildman–Crippen MR) is 136 cm³/mol. The van der Waals surface area contributed by atoms with E-state index in [4.69, 9.17) is 0 Å². The number of unbranched alkanes of at least 4 members (excludes halogenated alkanes) is 6. The van der Waals surface area contributed by atoms with Gasteiger partial charge in [-0.15, -0.1) is 0 Å². The van der Waals surface area contributed by atoms with Gasteiger partial charge in [0.1, 0.15) is 17.2 Å². The van der Waals surface area contributed by atoms with Crippen molar-refractivity contribution < 1.29 is 13.9 Å². The topological polar surface area (TPSA) is 41.3 Å². The number of benzene rings is 1. The average Bonchev–Trinajstić information content (AvgIpc) is 3.30. The lowest BCUT2D eigenvalue weighted by atomic mass is 9.90. The second kappa shape index (κ2) is 14.6. The zero-order valence-corrected chi connectivity index (χ0v) is 21.6. The fourth-order valence-corrected chi connectivity index (χ4v) is 4.86. The van der Waals surface area contributed by atoms with Crippen LogP contribution in [0.5, 0.6) is 0 Å². The molecule has 3 unspecified atom stereocenters. The lowest BCUT2D eigenvalue weighted by Crippen LogP contribution is -2.51. The third-order valence-electron chi connectivity index (χ3n) is 6.94. The Morgan fingerprint density at radius 2 is 1.59 bits per heavy atom. The number of halogens is 2. The fraction of sp³-hybridized carbons (Fsp3) is 0.679. The molecule has 1 N–H and O–H groups in total.